The summed E-state index contributed by atoms with van der Waals surface area (Å²) in [5, 5.41) is 4.60. The Morgan fingerprint density at radius 3 is 2.76 bits per heavy atom. The van der Waals surface area contributed by atoms with E-state index >= 15 is 0 Å². The molecule has 2 aromatic rings. The van der Waals surface area contributed by atoms with E-state index in [1.54, 1.807) is 19.2 Å². The van der Waals surface area contributed by atoms with Crippen LogP contribution >= 0.6 is 23.2 Å². The molecular weight excluding hydrogens is 411 g/mol. The van der Waals surface area contributed by atoms with E-state index in [0.29, 0.717) is 41.1 Å². The summed E-state index contributed by atoms with van der Waals surface area (Å²) in [5.41, 5.74) is 1.86. The number of halogens is 2. The van der Waals surface area contributed by atoms with Crippen molar-refractivity contribution in [2.24, 2.45) is 0 Å². The monoisotopic (exact) mass is 436 g/mol. The van der Waals surface area contributed by atoms with Crippen LogP contribution in [0.4, 0.5) is 0 Å². The van der Waals surface area contributed by atoms with Crippen molar-refractivity contribution in [3.05, 3.63) is 57.6 Å². The number of hydrogen-bond acceptors (Lipinski definition) is 4. The van der Waals surface area contributed by atoms with Gasteiger partial charge in [0.25, 0.3) is 0 Å². The average molecular weight is 437 g/mol. The largest absolute Gasteiger partial charge is 0.493 e. The van der Waals surface area contributed by atoms with Crippen LogP contribution in [0.3, 0.4) is 0 Å². The third-order valence-electron chi connectivity index (χ3n) is 4.94. The van der Waals surface area contributed by atoms with Crippen molar-refractivity contribution in [2.45, 2.75) is 32.4 Å². The van der Waals surface area contributed by atoms with Crippen LogP contribution in [0.15, 0.2) is 36.4 Å². The SMILES string of the molecule is COc1cccc(CNCCCN2CCCC2=O)c1OCc1ccc(Cl)cc1Cl. The van der Waals surface area contributed by atoms with Crippen molar-refractivity contribution in [1.29, 1.82) is 0 Å². The summed E-state index contributed by atoms with van der Waals surface area (Å²) in [6.07, 6.45) is 2.59. The summed E-state index contributed by atoms with van der Waals surface area (Å²) in [6.45, 7) is 3.49. The molecule has 2 aromatic carbocycles. The molecule has 3 rings (SSSR count). The minimum Gasteiger partial charge on any atom is -0.493 e. The molecule has 7 heteroatoms. The number of rotatable bonds is 10. The Labute approximate surface area is 181 Å². The Balaban J connectivity index is 1.56. The van der Waals surface area contributed by atoms with Crippen LogP contribution in [0.25, 0.3) is 0 Å². The number of methoxy groups -OCH3 is 1. The zero-order chi connectivity index (χ0) is 20.6. The van der Waals surface area contributed by atoms with Crippen LogP contribution in [-0.4, -0.2) is 37.6 Å². The van der Waals surface area contributed by atoms with Crippen LogP contribution in [0.1, 0.15) is 30.4 Å². The molecule has 1 aliphatic heterocycles. The van der Waals surface area contributed by atoms with Crippen molar-refractivity contribution in [3.63, 3.8) is 0 Å². The van der Waals surface area contributed by atoms with E-state index in [2.05, 4.69) is 5.32 Å². The normalized spacial score (nSPS) is 13.8. The molecule has 1 amide bonds. The minimum atomic E-state index is 0.273. The lowest BCUT2D eigenvalue weighted by Gasteiger charge is -2.17. The van der Waals surface area contributed by atoms with Gasteiger partial charge >= 0.3 is 0 Å². The van der Waals surface area contributed by atoms with E-state index in [9.17, 15) is 4.79 Å². The highest BCUT2D eigenvalue weighted by molar-refractivity contribution is 6.35. The van der Waals surface area contributed by atoms with Crippen LogP contribution < -0.4 is 14.8 Å². The van der Waals surface area contributed by atoms with E-state index in [1.807, 2.05) is 29.2 Å². The molecule has 0 bridgehead atoms. The molecule has 0 aliphatic carbocycles. The molecule has 0 atom stereocenters. The maximum atomic E-state index is 11.7. The van der Waals surface area contributed by atoms with Gasteiger partial charge in [-0.3, -0.25) is 4.79 Å². The van der Waals surface area contributed by atoms with Gasteiger partial charge < -0.3 is 19.7 Å². The number of para-hydroxylation sites is 1. The summed E-state index contributed by atoms with van der Waals surface area (Å²) in [6, 6.07) is 11.2. The van der Waals surface area contributed by atoms with Gasteiger partial charge in [0.05, 0.1) is 7.11 Å². The lowest BCUT2D eigenvalue weighted by atomic mass is 10.1. The Hall–Kier alpha value is -1.95. The third kappa shape index (κ3) is 6.01. The van der Waals surface area contributed by atoms with Gasteiger partial charge in [-0.2, -0.15) is 0 Å². The zero-order valence-electron chi connectivity index (χ0n) is 16.5. The van der Waals surface area contributed by atoms with E-state index < -0.39 is 0 Å². The Kier molecular flexibility index (Phi) is 8.04. The van der Waals surface area contributed by atoms with Gasteiger partial charge in [-0.15, -0.1) is 0 Å². The molecule has 0 saturated carbocycles. The molecule has 1 N–H and O–H groups in total. The summed E-state index contributed by atoms with van der Waals surface area (Å²) in [5.74, 6) is 1.65. The van der Waals surface area contributed by atoms with Gasteiger partial charge in [-0.25, -0.2) is 0 Å². The predicted octanol–water partition coefficient (Wildman–Crippen LogP) is 4.68. The molecule has 29 heavy (non-hydrogen) atoms. The molecule has 156 valence electrons. The molecule has 1 aliphatic rings. The Morgan fingerprint density at radius 2 is 2.03 bits per heavy atom. The number of nitrogens with one attached hydrogen (secondary N) is 1. The molecule has 1 saturated heterocycles. The van der Waals surface area contributed by atoms with E-state index in [1.165, 1.54) is 0 Å². The molecule has 5 nitrogen and oxygen atoms in total. The Bertz CT molecular complexity index is 845. The van der Waals surface area contributed by atoms with Crippen LogP contribution in [-0.2, 0) is 17.9 Å². The third-order valence-corrected chi connectivity index (χ3v) is 5.52. The zero-order valence-corrected chi connectivity index (χ0v) is 18.1. The molecule has 1 heterocycles. The topological polar surface area (TPSA) is 50.8 Å². The second-order valence-corrected chi connectivity index (χ2v) is 7.83. The van der Waals surface area contributed by atoms with Gasteiger partial charge in [0, 0.05) is 47.2 Å². The van der Waals surface area contributed by atoms with Gasteiger partial charge in [-0.05, 0) is 37.6 Å². The molecule has 0 spiro atoms. The molecule has 0 aromatic heterocycles. The summed E-state index contributed by atoms with van der Waals surface area (Å²) in [4.78, 5) is 13.6. The van der Waals surface area contributed by atoms with E-state index in [0.717, 1.165) is 43.6 Å². The maximum Gasteiger partial charge on any atom is 0.222 e. The number of carbonyl (C=O) groups is 1. The fourth-order valence-corrected chi connectivity index (χ4v) is 3.84. The number of amides is 1. The Morgan fingerprint density at radius 1 is 1.17 bits per heavy atom. The fraction of sp³-hybridized carbons (Fsp3) is 0.409. The van der Waals surface area contributed by atoms with Gasteiger partial charge in [0.2, 0.25) is 5.91 Å². The number of nitrogens with zero attached hydrogens (tertiary/aromatic N) is 1. The van der Waals surface area contributed by atoms with Crippen molar-refractivity contribution >= 4 is 29.1 Å². The minimum absolute atomic E-state index is 0.273. The lowest BCUT2D eigenvalue weighted by molar-refractivity contribution is -0.127. The number of ether oxygens (including phenoxy) is 2. The van der Waals surface area contributed by atoms with E-state index in [4.69, 9.17) is 32.7 Å². The summed E-state index contributed by atoms with van der Waals surface area (Å²) >= 11 is 12.2. The van der Waals surface area contributed by atoms with Crippen molar-refractivity contribution in [2.75, 3.05) is 26.7 Å². The highest BCUT2D eigenvalue weighted by Crippen LogP contribution is 2.32. The first-order valence-corrected chi connectivity index (χ1v) is 10.5. The average Bonchev–Trinajstić information content (AvgIpc) is 3.12. The van der Waals surface area contributed by atoms with Crippen molar-refractivity contribution in [3.8, 4) is 11.5 Å². The second kappa shape index (κ2) is 10.7. The first-order chi connectivity index (χ1) is 14.1. The second-order valence-electron chi connectivity index (χ2n) is 6.99. The summed E-state index contributed by atoms with van der Waals surface area (Å²) < 4.78 is 11.6. The first-order valence-electron chi connectivity index (χ1n) is 9.79. The summed E-state index contributed by atoms with van der Waals surface area (Å²) in [7, 11) is 1.63. The van der Waals surface area contributed by atoms with Gasteiger partial charge in [-0.1, -0.05) is 41.4 Å². The van der Waals surface area contributed by atoms with Crippen LogP contribution in [0, 0.1) is 0 Å². The number of likely N-dealkylation sites (tertiary alicyclic amines) is 1. The fourth-order valence-electron chi connectivity index (χ4n) is 3.37. The van der Waals surface area contributed by atoms with Crippen molar-refractivity contribution < 1.29 is 14.3 Å². The maximum absolute atomic E-state index is 11.7. The number of carbonyl (C=O) groups excluding carboxylic acids is 1. The molecule has 1 fully saturated rings. The molecular formula is C22H26Cl2N2O3. The predicted molar refractivity (Wildman–Crippen MR) is 116 cm³/mol. The number of hydrogen-bond donors (Lipinski definition) is 1. The quantitative estimate of drug-likeness (QED) is 0.549. The van der Waals surface area contributed by atoms with Crippen LogP contribution in [0.2, 0.25) is 10.0 Å². The highest BCUT2D eigenvalue weighted by Gasteiger charge is 2.19. The molecule has 0 radical (unpaired) electrons. The standard InChI is InChI=1S/C22H26Cl2N2O3/c1-28-20-6-2-5-16(14-25-10-4-12-26-11-3-7-21(26)27)22(20)29-15-17-8-9-18(23)13-19(17)24/h2,5-6,8-9,13,25H,3-4,7,10-12,14-15H2,1H3. The van der Waals surface area contributed by atoms with Gasteiger partial charge in [0.1, 0.15) is 6.61 Å². The highest BCUT2D eigenvalue weighted by atomic mass is 35.5. The smallest absolute Gasteiger partial charge is 0.222 e. The molecule has 0 unspecified atom stereocenters. The van der Waals surface area contributed by atoms with E-state index in [-0.39, 0.29) is 5.91 Å². The van der Waals surface area contributed by atoms with Gasteiger partial charge in [0.15, 0.2) is 11.5 Å². The first kappa shape index (κ1) is 21.8. The number of benzene rings is 2. The van der Waals surface area contributed by atoms with Crippen molar-refractivity contribution in [1.82, 2.24) is 10.2 Å². The lowest BCUT2D eigenvalue weighted by Crippen LogP contribution is -2.28. The van der Waals surface area contributed by atoms with Crippen LogP contribution in [0.5, 0.6) is 11.5 Å².